The van der Waals surface area contributed by atoms with Crippen molar-refractivity contribution in [3.63, 3.8) is 0 Å². The number of anilines is 2. The molecule has 5 nitrogen and oxygen atoms in total. The Morgan fingerprint density at radius 3 is 2.89 bits per heavy atom. The fraction of sp³-hybridized carbons (Fsp3) is 0.214. The van der Waals surface area contributed by atoms with Gasteiger partial charge >= 0.3 is 0 Å². The van der Waals surface area contributed by atoms with Gasteiger partial charge in [-0.25, -0.2) is 10.8 Å². The van der Waals surface area contributed by atoms with Crippen LogP contribution in [-0.4, -0.2) is 19.1 Å². The van der Waals surface area contributed by atoms with Gasteiger partial charge in [0.1, 0.15) is 11.6 Å². The predicted molar refractivity (Wildman–Crippen MR) is 77.1 cm³/mol. The van der Waals surface area contributed by atoms with Gasteiger partial charge in [0.25, 0.3) is 0 Å². The Kier molecular flexibility index (Phi) is 4.20. The average Bonchev–Trinajstić information content (AvgIpc) is 2.47. The summed E-state index contributed by atoms with van der Waals surface area (Å²) in [4.78, 5) is 6.23. The van der Waals surface area contributed by atoms with Crippen LogP contribution in [0.1, 0.15) is 5.56 Å². The van der Waals surface area contributed by atoms with Crippen LogP contribution >= 0.6 is 0 Å². The molecule has 3 N–H and O–H groups in total. The Morgan fingerprint density at radius 1 is 1.32 bits per heavy atom. The van der Waals surface area contributed by atoms with Gasteiger partial charge in [-0.1, -0.05) is 6.07 Å². The monoisotopic (exact) mass is 258 g/mol. The molecule has 19 heavy (non-hydrogen) atoms. The van der Waals surface area contributed by atoms with Crippen LogP contribution in [0.3, 0.4) is 0 Å². The molecule has 1 aromatic heterocycles. The lowest BCUT2D eigenvalue weighted by atomic mass is 10.2. The molecule has 0 bridgehead atoms. The van der Waals surface area contributed by atoms with E-state index in [1.54, 1.807) is 13.3 Å². The Labute approximate surface area is 113 Å². The predicted octanol–water partition coefficient (Wildman–Crippen LogP) is 2.01. The maximum atomic E-state index is 5.36. The second-order valence-electron chi connectivity index (χ2n) is 4.25. The lowest BCUT2D eigenvalue weighted by Gasteiger charge is -2.20. The van der Waals surface area contributed by atoms with Gasteiger partial charge in [-0.15, -0.1) is 0 Å². The molecule has 0 radical (unpaired) electrons. The second kappa shape index (κ2) is 6.06. The number of nitrogen functional groups attached to an aromatic ring is 1. The van der Waals surface area contributed by atoms with E-state index in [0.29, 0.717) is 5.82 Å². The minimum Gasteiger partial charge on any atom is -0.497 e. The van der Waals surface area contributed by atoms with E-state index in [4.69, 9.17) is 10.6 Å². The second-order valence-corrected chi connectivity index (χ2v) is 4.25. The number of methoxy groups -OCH3 is 1. The first kappa shape index (κ1) is 13.2. The molecule has 0 aliphatic rings. The number of nitrogens with one attached hydrogen (secondary N) is 1. The lowest BCUT2D eigenvalue weighted by molar-refractivity contribution is 0.415. The van der Waals surface area contributed by atoms with Crippen LogP contribution in [0.5, 0.6) is 5.75 Å². The molecular formula is C14H18N4O. The zero-order chi connectivity index (χ0) is 13.7. The highest BCUT2D eigenvalue weighted by Gasteiger charge is 2.04. The fourth-order valence-electron chi connectivity index (χ4n) is 1.86. The summed E-state index contributed by atoms with van der Waals surface area (Å²) in [6.45, 7) is 0.768. The molecule has 5 heteroatoms. The number of hydrogen-bond acceptors (Lipinski definition) is 5. The molecule has 100 valence electrons. The molecule has 0 saturated heterocycles. The van der Waals surface area contributed by atoms with E-state index >= 15 is 0 Å². The molecule has 0 saturated carbocycles. The Morgan fingerprint density at radius 2 is 2.16 bits per heavy atom. The molecule has 2 aromatic rings. The summed E-state index contributed by atoms with van der Waals surface area (Å²) in [5, 5.41) is 0. The number of pyridine rings is 1. The Bertz CT molecular complexity index is 544. The number of benzene rings is 1. The molecule has 0 aliphatic carbocycles. The van der Waals surface area contributed by atoms with E-state index in [-0.39, 0.29) is 0 Å². The summed E-state index contributed by atoms with van der Waals surface area (Å²) < 4.78 is 5.23. The van der Waals surface area contributed by atoms with Gasteiger partial charge in [0.2, 0.25) is 0 Å². The molecule has 0 aliphatic heterocycles. The van der Waals surface area contributed by atoms with E-state index in [1.807, 2.05) is 43.4 Å². The molecular weight excluding hydrogens is 240 g/mol. The molecule has 2 rings (SSSR count). The molecule has 0 fully saturated rings. The number of aromatic nitrogens is 1. The van der Waals surface area contributed by atoms with E-state index in [0.717, 1.165) is 23.5 Å². The number of ether oxygens (including phenoxy) is 1. The van der Waals surface area contributed by atoms with E-state index in [2.05, 4.69) is 15.3 Å². The van der Waals surface area contributed by atoms with E-state index < -0.39 is 0 Å². The van der Waals surface area contributed by atoms with Gasteiger partial charge in [0.15, 0.2) is 0 Å². The maximum Gasteiger partial charge on any atom is 0.140 e. The van der Waals surface area contributed by atoms with Crippen molar-refractivity contribution in [2.24, 2.45) is 5.84 Å². The Hall–Kier alpha value is -2.27. The van der Waals surface area contributed by atoms with Gasteiger partial charge in [0, 0.05) is 31.5 Å². The van der Waals surface area contributed by atoms with Crippen LogP contribution in [0.25, 0.3) is 0 Å². The molecule has 0 spiro atoms. The first-order valence-electron chi connectivity index (χ1n) is 5.99. The van der Waals surface area contributed by atoms with Crippen molar-refractivity contribution in [1.82, 2.24) is 4.98 Å². The molecule has 0 amide bonds. The van der Waals surface area contributed by atoms with Crippen molar-refractivity contribution < 1.29 is 4.74 Å². The van der Waals surface area contributed by atoms with Gasteiger partial charge in [-0.3, -0.25) is 0 Å². The highest BCUT2D eigenvalue weighted by Crippen LogP contribution is 2.21. The van der Waals surface area contributed by atoms with Gasteiger partial charge in [-0.05, 0) is 29.8 Å². The van der Waals surface area contributed by atoms with Crippen molar-refractivity contribution in [1.29, 1.82) is 0 Å². The van der Waals surface area contributed by atoms with Gasteiger partial charge in [0.05, 0.1) is 7.11 Å². The largest absolute Gasteiger partial charge is 0.497 e. The zero-order valence-electron chi connectivity index (χ0n) is 11.1. The molecule has 1 aromatic carbocycles. The highest BCUT2D eigenvalue weighted by atomic mass is 16.5. The molecule has 0 unspecified atom stereocenters. The standard InChI is InChI=1S/C14H18N4O/c1-18(12-4-3-5-13(9-12)19-2)10-11-6-7-16-14(8-11)17-15/h3-9H,10,15H2,1-2H3,(H,16,17). The zero-order valence-corrected chi connectivity index (χ0v) is 11.1. The van der Waals surface area contributed by atoms with Crippen molar-refractivity contribution in [2.45, 2.75) is 6.54 Å². The summed E-state index contributed by atoms with van der Waals surface area (Å²) in [7, 11) is 3.70. The summed E-state index contributed by atoms with van der Waals surface area (Å²) in [5.74, 6) is 6.87. The van der Waals surface area contributed by atoms with Gasteiger partial charge in [-0.2, -0.15) is 0 Å². The van der Waals surface area contributed by atoms with Crippen LogP contribution in [0, 0.1) is 0 Å². The SMILES string of the molecule is COc1cccc(N(C)Cc2ccnc(NN)c2)c1. The smallest absolute Gasteiger partial charge is 0.140 e. The van der Waals surface area contributed by atoms with Crippen molar-refractivity contribution >= 4 is 11.5 Å². The van der Waals surface area contributed by atoms with Crippen molar-refractivity contribution in [2.75, 3.05) is 24.5 Å². The quantitative estimate of drug-likeness (QED) is 0.634. The van der Waals surface area contributed by atoms with Crippen LogP contribution < -0.4 is 20.9 Å². The third kappa shape index (κ3) is 3.35. The summed E-state index contributed by atoms with van der Waals surface area (Å²) in [5.41, 5.74) is 4.78. The molecule has 0 atom stereocenters. The number of rotatable bonds is 5. The summed E-state index contributed by atoms with van der Waals surface area (Å²) >= 11 is 0. The van der Waals surface area contributed by atoms with Crippen LogP contribution in [0.4, 0.5) is 11.5 Å². The Balaban J connectivity index is 2.13. The minimum absolute atomic E-state index is 0.663. The topological polar surface area (TPSA) is 63.4 Å². The minimum atomic E-state index is 0.663. The highest BCUT2D eigenvalue weighted by molar-refractivity contribution is 5.51. The maximum absolute atomic E-state index is 5.36. The van der Waals surface area contributed by atoms with Crippen molar-refractivity contribution in [3.05, 3.63) is 48.2 Å². The number of nitrogens with two attached hydrogens (primary N) is 1. The lowest BCUT2D eigenvalue weighted by Crippen LogP contribution is -2.17. The van der Waals surface area contributed by atoms with Crippen LogP contribution in [-0.2, 0) is 6.54 Å². The normalized spacial score (nSPS) is 10.1. The van der Waals surface area contributed by atoms with Crippen LogP contribution in [0.15, 0.2) is 42.6 Å². The number of hydrazine groups is 1. The first-order valence-corrected chi connectivity index (χ1v) is 5.99. The van der Waals surface area contributed by atoms with Gasteiger partial charge < -0.3 is 15.1 Å². The number of hydrogen-bond donors (Lipinski definition) is 2. The van der Waals surface area contributed by atoms with E-state index in [1.165, 1.54) is 0 Å². The van der Waals surface area contributed by atoms with Crippen molar-refractivity contribution in [3.8, 4) is 5.75 Å². The summed E-state index contributed by atoms with van der Waals surface area (Å²) in [6.07, 6.45) is 1.74. The first-order chi connectivity index (χ1) is 9.22. The third-order valence-corrected chi connectivity index (χ3v) is 2.89. The summed E-state index contributed by atoms with van der Waals surface area (Å²) in [6, 6.07) is 11.9. The average molecular weight is 258 g/mol. The molecule has 1 heterocycles. The van der Waals surface area contributed by atoms with Crippen LogP contribution in [0.2, 0.25) is 0 Å². The van der Waals surface area contributed by atoms with E-state index in [9.17, 15) is 0 Å². The number of nitrogens with zero attached hydrogens (tertiary/aromatic N) is 2. The fourth-order valence-corrected chi connectivity index (χ4v) is 1.86. The third-order valence-electron chi connectivity index (χ3n) is 2.89.